The van der Waals surface area contributed by atoms with Gasteiger partial charge in [0.25, 0.3) is 5.91 Å². The van der Waals surface area contributed by atoms with Crippen LogP contribution in [0.3, 0.4) is 0 Å². The third-order valence-electron chi connectivity index (χ3n) is 5.27. The third kappa shape index (κ3) is 5.47. The van der Waals surface area contributed by atoms with Gasteiger partial charge in [0.05, 0.1) is 11.8 Å². The van der Waals surface area contributed by atoms with Crippen LogP contribution in [0.15, 0.2) is 60.9 Å². The van der Waals surface area contributed by atoms with Gasteiger partial charge in [-0.15, -0.1) is 0 Å². The van der Waals surface area contributed by atoms with E-state index in [1.54, 1.807) is 37.8 Å². The molecule has 0 aliphatic rings. The molecule has 0 aliphatic heterocycles. The molecule has 2 heterocycles. The minimum Gasteiger partial charge on any atom is -0.435 e. The lowest BCUT2D eigenvalue weighted by atomic mass is 10.1. The molecular weight excluding hydrogens is 483 g/mol. The Kier molecular flexibility index (Phi) is 7.20. The molecule has 0 atom stereocenters. The van der Waals surface area contributed by atoms with Gasteiger partial charge >= 0.3 is 0 Å². The molecule has 36 heavy (non-hydrogen) atoms. The van der Waals surface area contributed by atoms with E-state index in [2.05, 4.69) is 20.6 Å². The minimum atomic E-state index is -0.675. The predicted octanol–water partition coefficient (Wildman–Crippen LogP) is 3.66. The van der Waals surface area contributed by atoms with Crippen LogP contribution in [0, 0.1) is 5.82 Å². The molecule has 184 valence electrons. The standard InChI is InChI=1S/C25H23FN6O3S/c1-31(2)24(34)19-13-17-22(32(19)3)27-14-28-23(17)35-20-10-9-16(12-18(20)26)29-25(36)30-21(33)11-15-7-5-4-6-8-15/h4-10,12-14H,11H2,1-3H3,(H2,29,30,33,36). The highest BCUT2D eigenvalue weighted by atomic mass is 32.1. The monoisotopic (exact) mass is 506 g/mol. The molecule has 2 aromatic heterocycles. The third-order valence-corrected chi connectivity index (χ3v) is 5.47. The average Bonchev–Trinajstić information content (AvgIpc) is 3.18. The van der Waals surface area contributed by atoms with Crippen molar-refractivity contribution in [1.82, 2.24) is 24.8 Å². The van der Waals surface area contributed by atoms with E-state index in [1.165, 1.54) is 23.4 Å². The maximum Gasteiger partial charge on any atom is 0.270 e. The zero-order valence-electron chi connectivity index (χ0n) is 19.8. The molecule has 0 spiro atoms. The molecule has 2 N–H and O–H groups in total. The second-order valence-corrected chi connectivity index (χ2v) is 8.52. The first-order valence-electron chi connectivity index (χ1n) is 10.9. The molecule has 0 radical (unpaired) electrons. The lowest BCUT2D eigenvalue weighted by molar-refractivity contribution is -0.119. The molecule has 2 aromatic carbocycles. The van der Waals surface area contributed by atoms with Crippen molar-refractivity contribution in [3.63, 3.8) is 0 Å². The van der Waals surface area contributed by atoms with Crippen molar-refractivity contribution in [1.29, 1.82) is 0 Å². The maximum atomic E-state index is 14.8. The van der Waals surface area contributed by atoms with Crippen molar-refractivity contribution in [2.24, 2.45) is 7.05 Å². The molecule has 0 aliphatic carbocycles. The van der Waals surface area contributed by atoms with Crippen LogP contribution < -0.4 is 15.4 Å². The van der Waals surface area contributed by atoms with Gasteiger partial charge in [-0.25, -0.2) is 14.4 Å². The number of rotatable bonds is 6. The van der Waals surface area contributed by atoms with Gasteiger partial charge in [0.2, 0.25) is 11.8 Å². The summed E-state index contributed by atoms with van der Waals surface area (Å²) in [6, 6.07) is 15.0. The Hall–Kier alpha value is -4.38. The van der Waals surface area contributed by atoms with Crippen LogP contribution in [0.2, 0.25) is 0 Å². The largest absolute Gasteiger partial charge is 0.435 e. The summed E-state index contributed by atoms with van der Waals surface area (Å²) >= 11 is 5.17. The van der Waals surface area contributed by atoms with Crippen LogP contribution in [0.4, 0.5) is 10.1 Å². The number of carbonyl (C=O) groups excluding carboxylic acids is 2. The number of fused-ring (bicyclic) bond motifs is 1. The first-order chi connectivity index (χ1) is 17.2. The van der Waals surface area contributed by atoms with Crippen molar-refractivity contribution < 1.29 is 18.7 Å². The Labute approximate surface area is 211 Å². The minimum absolute atomic E-state index is 0.0453. The normalized spacial score (nSPS) is 10.7. The Bertz CT molecular complexity index is 1460. The number of amides is 2. The Morgan fingerprint density at radius 1 is 1.11 bits per heavy atom. The average molecular weight is 507 g/mol. The molecule has 0 saturated carbocycles. The van der Waals surface area contributed by atoms with Gasteiger partial charge < -0.3 is 24.8 Å². The number of hydrogen-bond donors (Lipinski definition) is 2. The number of benzene rings is 2. The molecule has 0 bridgehead atoms. The number of nitrogens with zero attached hydrogens (tertiary/aromatic N) is 4. The summed E-state index contributed by atoms with van der Waals surface area (Å²) in [5.74, 6) is -1.15. The van der Waals surface area contributed by atoms with Crippen molar-refractivity contribution >= 4 is 45.9 Å². The highest BCUT2D eigenvalue weighted by Crippen LogP contribution is 2.31. The second-order valence-electron chi connectivity index (χ2n) is 8.12. The van der Waals surface area contributed by atoms with Crippen LogP contribution in [0.1, 0.15) is 16.1 Å². The van der Waals surface area contributed by atoms with Gasteiger partial charge in [-0.1, -0.05) is 30.3 Å². The summed E-state index contributed by atoms with van der Waals surface area (Å²) in [5, 5.41) is 5.87. The van der Waals surface area contributed by atoms with E-state index in [9.17, 15) is 14.0 Å². The molecule has 4 aromatic rings. The van der Waals surface area contributed by atoms with Crippen LogP contribution >= 0.6 is 12.2 Å². The smallest absolute Gasteiger partial charge is 0.270 e. The van der Waals surface area contributed by atoms with E-state index in [-0.39, 0.29) is 35.0 Å². The zero-order valence-corrected chi connectivity index (χ0v) is 20.6. The summed E-state index contributed by atoms with van der Waals surface area (Å²) in [5.41, 5.74) is 2.04. The van der Waals surface area contributed by atoms with E-state index in [0.717, 1.165) is 5.56 Å². The first-order valence-corrected chi connectivity index (χ1v) is 11.3. The van der Waals surface area contributed by atoms with E-state index >= 15 is 0 Å². The molecule has 0 fully saturated rings. The number of aromatic nitrogens is 3. The number of ether oxygens (including phenoxy) is 1. The van der Waals surface area contributed by atoms with Crippen LogP contribution in [0.5, 0.6) is 11.6 Å². The summed E-state index contributed by atoms with van der Waals surface area (Å²) in [4.78, 5) is 34.4. The number of halogens is 1. The van der Waals surface area contributed by atoms with Crippen molar-refractivity contribution in [3.05, 3.63) is 78.0 Å². The van der Waals surface area contributed by atoms with E-state index in [4.69, 9.17) is 17.0 Å². The van der Waals surface area contributed by atoms with Gasteiger partial charge in [0, 0.05) is 32.9 Å². The number of hydrogen-bond acceptors (Lipinski definition) is 6. The summed E-state index contributed by atoms with van der Waals surface area (Å²) < 4.78 is 22.2. The maximum absolute atomic E-state index is 14.8. The van der Waals surface area contributed by atoms with Gasteiger partial charge in [-0.05, 0) is 36.0 Å². The topological polar surface area (TPSA) is 101 Å². The Balaban J connectivity index is 1.46. The highest BCUT2D eigenvalue weighted by molar-refractivity contribution is 7.80. The number of nitrogens with one attached hydrogen (secondary N) is 2. The number of anilines is 1. The molecule has 4 rings (SSSR count). The summed E-state index contributed by atoms with van der Waals surface area (Å²) in [7, 11) is 5.00. The van der Waals surface area contributed by atoms with Gasteiger partial charge in [-0.3, -0.25) is 9.59 Å². The van der Waals surface area contributed by atoms with E-state index in [1.807, 2.05) is 30.3 Å². The van der Waals surface area contributed by atoms with Crippen LogP contribution in [-0.4, -0.2) is 50.5 Å². The SMILES string of the molecule is CN(C)C(=O)c1cc2c(Oc3ccc(NC(=S)NC(=O)Cc4ccccc4)cc3F)ncnc2n1C. The summed E-state index contributed by atoms with van der Waals surface area (Å²) in [6.07, 6.45) is 1.45. The Morgan fingerprint density at radius 2 is 1.86 bits per heavy atom. The van der Waals surface area contributed by atoms with E-state index in [0.29, 0.717) is 22.4 Å². The Morgan fingerprint density at radius 3 is 2.56 bits per heavy atom. The van der Waals surface area contributed by atoms with Crippen LogP contribution in [0.25, 0.3) is 11.0 Å². The van der Waals surface area contributed by atoms with Gasteiger partial charge in [0.15, 0.2) is 16.7 Å². The summed E-state index contributed by atoms with van der Waals surface area (Å²) in [6.45, 7) is 0. The van der Waals surface area contributed by atoms with Crippen molar-refractivity contribution in [3.8, 4) is 11.6 Å². The number of thiocarbonyl (C=S) groups is 1. The fraction of sp³-hybridized carbons (Fsp3) is 0.160. The lowest BCUT2D eigenvalue weighted by Gasteiger charge is -2.11. The van der Waals surface area contributed by atoms with Crippen LogP contribution in [-0.2, 0) is 18.3 Å². The highest BCUT2D eigenvalue weighted by Gasteiger charge is 2.20. The van der Waals surface area contributed by atoms with Crippen molar-refractivity contribution in [2.75, 3.05) is 19.4 Å². The molecule has 0 saturated heterocycles. The van der Waals surface area contributed by atoms with Gasteiger partial charge in [-0.2, -0.15) is 0 Å². The van der Waals surface area contributed by atoms with Gasteiger partial charge in [0.1, 0.15) is 17.7 Å². The molecule has 9 nitrogen and oxygen atoms in total. The number of carbonyl (C=O) groups is 2. The first kappa shape index (κ1) is 24.7. The predicted molar refractivity (Wildman–Crippen MR) is 138 cm³/mol. The molecule has 11 heteroatoms. The zero-order chi connectivity index (χ0) is 25.8. The molecule has 2 amide bonds. The molecule has 0 unspecified atom stereocenters. The number of aryl methyl sites for hydroxylation is 1. The fourth-order valence-electron chi connectivity index (χ4n) is 3.51. The molecular formula is C25H23FN6O3S. The quantitative estimate of drug-likeness (QED) is 0.385. The lowest BCUT2D eigenvalue weighted by Crippen LogP contribution is -2.35. The van der Waals surface area contributed by atoms with E-state index < -0.39 is 5.82 Å². The van der Waals surface area contributed by atoms with Crippen molar-refractivity contribution in [2.45, 2.75) is 6.42 Å². The fourth-order valence-corrected chi connectivity index (χ4v) is 3.74. The second kappa shape index (κ2) is 10.5.